The van der Waals surface area contributed by atoms with Gasteiger partial charge < -0.3 is 19.6 Å². The van der Waals surface area contributed by atoms with Crippen molar-refractivity contribution < 1.29 is 18.5 Å². The molecule has 2 aromatic heterocycles. The van der Waals surface area contributed by atoms with Crippen LogP contribution in [0.3, 0.4) is 0 Å². The fourth-order valence-electron chi connectivity index (χ4n) is 2.29. The summed E-state index contributed by atoms with van der Waals surface area (Å²) < 4.78 is 10.2. The maximum absolute atomic E-state index is 12.1. The number of aromatic nitrogens is 2. The van der Waals surface area contributed by atoms with Crippen molar-refractivity contribution in [2.75, 3.05) is 10.6 Å². The zero-order valence-corrected chi connectivity index (χ0v) is 15.1. The number of hydrogen-bond acceptors (Lipinski definition) is 6. The molecule has 140 valence electrons. The van der Waals surface area contributed by atoms with Gasteiger partial charge in [0.2, 0.25) is 11.8 Å². The predicted molar refractivity (Wildman–Crippen MR) is 98.4 cm³/mol. The van der Waals surface area contributed by atoms with E-state index in [0.29, 0.717) is 29.5 Å². The van der Waals surface area contributed by atoms with Crippen molar-refractivity contribution in [3.8, 4) is 0 Å². The van der Waals surface area contributed by atoms with E-state index >= 15 is 0 Å². The van der Waals surface area contributed by atoms with E-state index < -0.39 is 0 Å². The number of carbonyl (C=O) groups excluding carboxylic acids is 2. The van der Waals surface area contributed by atoms with Crippen LogP contribution in [0, 0.1) is 0 Å². The molecule has 0 unspecified atom stereocenters. The molecule has 2 heterocycles. The van der Waals surface area contributed by atoms with Crippen LogP contribution in [0.15, 0.2) is 51.6 Å². The average Bonchev–Trinajstić information content (AvgIpc) is 3.33. The molecule has 0 spiro atoms. The molecule has 0 atom stereocenters. The van der Waals surface area contributed by atoms with Crippen molar-refractivity contribution in [1.82, 2.24) is 10.1 Å². The molecule has 0 bridgehead atoms. The minimum Gasteiger partial charge on any atom is -0.459 e. The molecule has 3 aromatic rings. The first-order chi connectivity index (χ1) is 13.0. The number of furan rings is 1. The highest BCUT2D eigenvalue weighted by Gasteiger charge is 2.12. The maximum Gasteiger partial charge on any atom is 0.291 e. The summed E-state index contributed by atoms with van der Waals surface area (Å²) in [5.41, 5.74) is 1.23. The minimum atomic E-state index is -0.336. The molecule has 2 N–H and O–H groups in total. The van der Waals surface area contributed by atoms with E-state index in [4.69, 9.17) is 8.94 Å². The number of hydrogen-bond donors (Lipinski definition) is 2. The van der Waals surface area contributed by atoms with Gasteiger partial charge in [-0.3, -0.25) is 9.59 Å². The van der Waals surface area contributed by atoms with Crippen molar-refractivity contribution in [2.24, 2.45) is 0 Å². The monoisotopic (exact) mass is 368 g/mol. The lowest BCUT2D eigenvalue weighted by Gasteiger charge is -2.07. The van der Waals surface area contributed by atoms with Crippen molar-refractivity contribution in [1.29, 1.82) is 0 Å². The second-order valence-electron chi connectivity index (χ2n) is 6.26. The zero-order chi connectivity index (χ0) is 19.2. The zero-order valence-electron chi connectivity index (χ0n) is 15.1. The first-order valence-corrected chi connectivity index (χ1v) is 8.58. The maximum atomic E-state index is 12.1. The molecule has 27 heavy (non-hydrogen) atoms. The molecule has 2 amide bonds. The van der Waals surface area contributed by atoms with Crippen LogP contribution in [0.1, 0.15) is 48.5 Å². The van der Waals surface area contributed by atoms with Gasteiger partial charge in [-0.15, -0.1) is 0 Å². The summed E-state index contributed by atoms with van der Waals surface area (Å²) in [5, 5.41) is 9.37. The Morgan fingerprint density at radius 3 is 2.37 bits per heavy atom. The van der Waals surface area contributed by atoms with Crippen LogP contribution in [0.4, 0.5) is 11.4 Å². The van der Waals surface area contributed by atoms with Crippen LogP contribution >= 0.6 is 0 Å². The second kappa shape index (κ2) is 8.31. The fourth-order valence-corrected chi connectivity index (χ4v) is 2.29. The largest absolute Gasteiger partial charge is 0.459 e. The van der Waals surface area contributed by atoms with Crippen molar-refractivity contribution in [2.45, 2.75) is 32.6 Å². The lowest BCUT2D eigenvalue weighted by molar-refractivity contribution is -0.116. The van der Waals surface area contributed by atoms with Crippen molar-refractivity contribution >= 4 is 23.2 Å². The Morgan fingerprint density at radius 2 is 1.78 bits per heavy atom. The van der Waals surface area contributed by atoms with Gasteiger partial charge in [-0.05, 0) is 36.4 Å². The third-order valence-corrected chi connectivity index (χ3v) is 3.74. The Kier molecular flexibility index (Phi) is 5.65. The lowest BCUT2D eigenvalue weighted by atomic mass is 10.2. The first kappa shape index (κ1) is 18.4. The Balaban J connectivity index is 1.48. The number of nitrogens with one attached hydrogen (secondary N) is 2. The predicted octanol–water partition coefficient (Wildman–Crippen LogP) is 3.61. The van der Waals surface area contributed by atoms with Crippen molar-refractivity contribution in [3.63, 3.8) is 0 Å². The SMILES string of the molecule is CC(C)c1noc(CCC(=O)Nc2ccc(NC(=O)c3ccco3)cc2)n1. The molecule has 0 radical (unpaired) electrons. The van der Waals surface area contributed by atoms with E-state index in [1.54, 1.807) is 36.4 Å². The summed E-state index contributed by atoms with van der Waals surface area (Å²) in [4.78, 5) is 28.2. The molecular formula is C19H20N4O4. The summed E-state index contributed by atoms with van der Waals surface area (Å²) in [6.07, 6.45) is 2.05. The third kappa shape index (κ3) is 5.04. The quantitative estimate of drug-likeness (QED) is 0.659. The summed E-state index contributed by atoms with van der Waals surface area (Å²) in [5.74, 6) is 1.00. The smallest absolute Gasteiger partial charge is 0.291 e. The number of anilines is 2. The highest BCUT2D eigenvalue weighted by atomic mass is 16.5. The van der Waals surface area contributed by atoms with E-state index in [0.717, 1.165) is 0 Å². The fraction of sp³-hybridized carbons (Fsp3) is 0.263. The van der Waals surface area contributed by atoms with E-state index in [1.165, 1.54) is 6.26 Å². The van der Waals surface area contributed by atoms with Crippen LogP contribution in [0.25, 0.3) is 0 Å². The summed E-state index contributed by atoms with van der Waals surface area (Å²) >= 11 is 0. The van der Waals surface area contributed by atoms with Gasteiger partial charge >= 0.3 is 0 Å². The average molecular weight is 368 g/mol. The molecule has 0 saturated carbocycles. The number of amides is 2. The highest BCUT2D eigenvalue weighted by molar-refractivity contribution is 6.02. The van der Waals surface area contributed by atoms with Gasteiger partial charge in [-0.25, -0.2) is 0 Å². The second-order valence-corrected chi connectivity index (χ2v) is 6.26. The van der Waals surface area contributed by atoms with Gasteiger partial charge in [0.25, 0.3) is 5.91 Å². The summed E-state index contributed by atoms with van der Waals surface area (Å²) in [7, 11) is 0. The molecule has 0 aliphatic carbocycles. The Bertz CT molecular complexity index is 898. The molecule has 8 nitrogen and oxygen atoms in total. The minimum absolute atomic E-state index is 0.160. The van der Waals surface area contributed by atoms with Crippen LogP contribution in [0.2, 0.25) is 0 Å². The summed E-state index contributed by atoms with van der Waals surface area (Å²) in [6, 6.07) is 10.0. The third-order valence-electron chi connectivity index (χ3n) is 3.74. The number of benzene rings is 1. The van der Waals surface area contributed by atoms with Crippen LogP contribution in [-0.2, 0) is 11.2 Å². The Morgan fingerprint density at radius 1 is 1.07 bits per heavy atom. The topological polar surface area (TPSA) is 110 Å². The first-order valence-electron chi connectivity index (χ1n) is 8.58. The van der Waals surface area contributed by atoms with Gasteiger partial charge in [0.05, 0.1) is 6.26 Å². The lowest BCUT2D eigenvalue weighted by Crippen LogP contribution is -2.13. The van der Waals surface area contributed by atoms with Gasteiger partial charge in [-0.1, -0.05) is 19.0 Å². The molecule has 0 fully saturated rings. The molecule has 0 aliphatic heterocycles. The summed E-state index contributed by atoms with van der Waals surface area (Å²) in [6.45, 7) is 3.95. The molecule has 0 aliphatic rings. The van der Waals surface area contributed by atoms with E-state index in [-0.39, 0.29) is 29.9 Å². The number of carbonyl (C=O) groups is 2. The Hall–Kier alpha value is -3.42. The van der Waals surface area contributed by atoms with Crippen LogP contribution < -0.4 is 10.6 Å². The highest BCUT2D eigenvalue weighted by Crippen LogP contribution is 2.16. The van der Waals surface area contributed by atoms with Gasteiger partial charge in [-0.2, -0.15) is 4.98 Å². The normalized spacial score (nSPS) is 10.8. The van der Waals surface area contributed by atoms with Gasteiger partial charge in [0, 0.05) is 30.1 Å². The van der Waals surface area contributed by atoms with Crippen LogP contribution in [-0.4, -0.2) is 22.0 Å². The van der Waals surface area contributed by atoms with E-state index in [1.807, 2.05) is 13.8 Å². The molecule has 0 saturated heterocycles. The molecule has 1 aromatic carbocycles. The number of aryl methyl sites for hydroxylation is 1. The number of rotatable bonds is 7. The van der Waals surface area contributed by atoms with E-state index in [2.05, 4.69) is 20.8 Å². The molecule has 3 rings (SSSR count). The number of nitrogens with zero attached hydrogens (tertiary/aromatic N) is 2. The Labute approximate surface area is 156 Å². The van der Waals surface area contributed by atoms with Crippen molar-refractivity contribution in [3.05, 3.63) is 60.1 Å². The van der Waals surface area contributed by atoms with Gasteiger partial charge in [0.15, 0.2) is 11.6 Å². The molecule has 8 heteroatoms. The molecular weight excluding hydrogens is 348 g/mol. The van der Waals surface area contributed by atoms with E-state index in [9.17, 15) is 9.59 Å². The van der Waals surface area contributed by atoms with Crippen LogP contribution in [0.5, 0.6) is 0 Å². The standard InChI is InChI=1S/C19H20N4O4/c1-12(2)18-22-17(27-23-18)10-9-16(24)20-13-5-7-14(8-6-13)21-19(25)15-4-3-11-26-15/h3-8,11-12H,9-10H2,1-2H3,(H,20,24)(H,21,25). The van der Waals surface area contributed by atoms with Gasteiger partial charge in [0.1, 0.15) is 0 Å².